The van der Waals surface area contributed by atoms with Crippen molar-refractivity contribution >= 4 is 16.5 Å². The molecule has 2 heteroatoms. The van der Waals surface area contributed by atoms with Crippen molar-refractivity contribution in [3.8, 4) is 28.1 Å². The molecule has 0 saturated heterocycles. The Morgan fingerprint density at radius 1 is 0.778 bits per heavy atom. The van der Waals surface area contributed by atoms with Crippen molar-refractivity contribution in [1.29, 1.82) is 0 Å². The van der Waals surface area contributed by atoms with Crippen molar-refractivity contribution in [2.75, 3.05) is 0 Å². The van der Waals surface area contributed by atoms with Crippen LogP contribution in [0.15, 0.2) is 115 Å². The zero-order chi connectivity index (χ0) is 24.6. The van der Waals surface area contributed by atoms with Crippen LogP contribution in [-0.4, -0.2) is 4.57 Å². The predicted octanol–water partition coefficient (Wildman–Crippen LogP) is 8.33. The summed E-state index contributed by atoms with van der Waals surface area (Å²) in [4.78, 5) is 0. The Hall–Kier alpha value is -4.30. The maximum absolute atomic E-state index is 5.68. The highest BCUT2D eigenvalue weighted by Gasteiger charge is 2.25. The van der Waals surface area contributed by atoms with Gasteiger partial charge in [0.1, 0.15) is 0 Å². The third-order valence-electron chi connectivity index (χ3n) is 7.36. The lowest BCUT2D eigenvalue weighted by molar-refractivity contribution is 0.934. The van der Waals surface area contributed by atoms with Gasteiger partial charge in [0.2, 0.25) is 0 Å². The van der Waals surface area contributed by atoms with E-state index in [1.165, 1.54) is 61.2 Å². The summed E-state index contributed by atoms with van der Waals surface area (Å²) in [5, 5.41) is 1.36. The van der Waals surface area contributed by atoms with E-state index in [0.717, 1.165) is 18.4 Å². The van der Waals surface area contributed by atoms with Gasteiger partial charge in [-0.25, -0.2) is 0 Å². The minimum Gasteiger partial charge on any atom is -0.404 e. The Morgan fingerprint density at radius 2 is 1.56 bits per heavy atom. The third kappa shape index (κ3) is 3.76. The first-order valence-corrected chi connectivity index (χ1v) is 12.6. The first kappa shape index (κ1) is 22.2. The van der Waals surface area contributed by atoms with Crippen LogP contribution in [0.5, 0.6) is 0 Å². The van der Waals surface area contributed by atoms with E-state index in [-0.39, 0.29) is 0 Å². The maximum Gasteiger partial charge on any atom is 0.0575 e. The number of aryl methyl sites for hydroxylation is 2. The molecule has 6 rings (SSSR count). The standard InChI is InChI=1S/C34H30N2/c1-23(22-35)19-24(2)25-9-8-10-26(20-25)27-15-17-30-28(21-27)16-18-32-31-13-6-7-14-33(31)36(34(30)32)29-11-4-3-5-12-29/h3-15,17,19-22H,16,18,35H2,1-2H3/b23-22-,24-19+. The lowest BCUT2D eigenvalue weighted by atomic mass is 9.86. The highest BCUT2D eigenvalue weighted by molar-refractivity contribution is 5.95. The average molecular weight is 467 g/mol. The van der Waals surface area contributed by atoms with Gasteiger partial charge in [-0.2, -0.15) is 0 Å². The van der Waals surface area contributed by atoms with Crippen LogP contribution in [0.1, 0.15) is 30.5 Å². The number of benzene rings is 4. The summed E-state index contributed by atoms with van der Waals surface area (Å²) in [6.45, 7) is 4.17. The number of rotatable bonds is 4. The molecule has 0 atom stereocenters. The molecule has 2 N–H and O–H groups in total. The molecule has 0 amide bonds. The van der Waals surface area contributed by atoms with Crippen molar-refractivity contribution in [1.82, 2.24) is 4.57 Å². The number of para-hydroxylation sites is 2. The first-order valence-electron chi connectivity index (χ1n) is 12.6. The molecule has 0 unspecified atom stereocenters. The quantitative estimate of drug-likeness (QED) is 0.265. The number of fused-ring (bicyclic) bond motifs is 5. The minimum atomic E-state index is 1.05. The molecule has 1 aliphatic carbocycles. The summed E-state index contributed by atoms with van der Waals surface area (Å²) in [6.07, 6.45) is 5.90. The monoisotopic (exact) mass is 466 g/mol. The molecule has 1 aromatic heterocycles. The fourth-order valence-corrected chi connectivity index (χ4v) is 5.58. The molecular formula is C34H30N2. The van der Waals surface area contributed by atoms with Crippen LogP contribution < -0.4 is 5.73 Å². The van der Waals surface area contributed by atoms with Crippen molar-refractivity contribution in [2.45, 2.75) is 26.7 Å². The second-order valence-electron chi connectivity index (χ2n) is 9.71. The van der Waals surface area contributed by atoms with Crippen LogP contribution in [0.25, 0.3) is 44.5 Å². The van der Waals surface area contributed by atoms with Gasteiger partial charge in [-0.15, -0.1) is 0 Å². The molecule has 4 aromatic carbocycles. The molecule has 0 spiro atoms. The van der Waals surface area contributed by atoms with Gasteiger partial charge in [-0.3, -0.25) is 0 Å². The van der Waals surface area contributed by atoms with Gasteiger partial charge in [0, 0.05) is 16.6 Å². The molecule has 176 valence electrons. The van der Waals surface area contributed by atoms with Crippen LogP contribution >= 0.6 is 0 Å². The van der Waals surface area contributed by atoms with E-state index >= 15 is 0 Å². The Morgan fingerprint density at radius 3 is 2.39 bits per heavy atom. The highest BCUT2D eigenvalue weighted by Crippen LogP contribution is 2.43. The fourth-order valence-electron chi connectivity index (χ4n) is 5.58. The fraction of sp³-hybridized carbons (Fsp3) is 0.118. The molecule has 5 aromatic rings. The molecule has 0 bridgehead atoms. The summed E-state index contributed by atoms with van der Waals surface area (Å²) in [6, 6.07) is 35.4. The largest absolute Gasteiger partial charge is 0.404 e. The Bertz CT molecular complexity index is 1650. The van der Waals surface area contributed by atoms with Crippen LogP contribution in [0.3, 0.4) is 0 Å². The molecule has 1 heterocycles. The Balaban J connectivity index is 1.48. The third-order valence-corrected chi connectivity index (χ3v) is 7.36. The summed E-state index contributed by atoms with van der Waals surface area (Å²) in [5.74, 6) is 0. The second-order valence-corrected chi connectivity index (χ2v) is 9.71. The highest BCUT2D eigenvalue weighted by atomic mass is 15.0. The van der Waals surface area contributed by atoms with Crippen molar-refractivity contribution in [2.24, 2.45) is 5.73 Å². The molecule has 1 aliphatic rings. The average Bonchev–Trinajstić information content (AvgIpc) is 3.28. The zero-order valence-corrected chi connectivity index (χ0v) is 20.8. The van der Waals surface area contributed by atoms with E-state index in [0.29, 0.717) is 0 Å². The first-order chi connectivity index (χ1) is 17.6. The normalized spacial score (nSPS) is 13.5. The van der Waals surface area contributed by atoms with Gasteiger partial charge in [0.15, 0.2) is 0 Å². The van der Waals surface area contributed by atoms with Gasteiger partial charge >= 0.3 is 0 Å². The van der Waals surface area contributed by atoms with Gasteiger partial charge in [-0.05, 0) is 96.1 Å². The molecule has 2 nitrogen and oxygen atoms in total. The van der Waals surface area contributed by atoms with Crippen LogP contribution in [0, 0.1) is 0 Å². The van der Waals surface area contributed by atoms with Crippen LogP contribution in [0.2, 0.25) is 0 Å². The summed E-state index contributed by atoms with van der Waals surface area (Å²) < 4.78 is 2.45. The molecule has 0 saturated carbocycles. The second kappa shape index (κ2) is 9.05. The van der Waals surface area contributed by atoms with E-state index in [9.17, 15) is 0 Å². The maximum atomic E-state index is 5.68. The molecular weight excluding hydrogens is 436 g/mol. The molecule has 0 radical (unpaired) electrons. The van der Waals surface area contributed by atoms with Gasteiger partial charge in [-0.1, -0.05) is 78.9 Å². The minimum absolute atomic E-state index is 1.05. The lowest BCUT2D eigenvalue weighted by Crippen LogP contribution is -2.07. The number of hydrogen-bond acceptors (Lipinski definition) is 1. The van der Waals surface area contributed by atoms with Crippen LogP contribution in [0.4, 0.5) is 0 Å². The summed E-state index contributed by atoms with van der Waals surface area (Å²) in [7, 11) is 0. The number of hydrogen-bond donors (Lipinski definition) is 1. The van der Waals surface area contributed by atoms with E-state index in [2.05, 4.69) is 115 Å². The van der Waals surface area contributed by atoms with Gasteiger partial charge < -0.3 is 10.3 Å². The van der Waals surface area contributed by atoms with E-state index < -0.39 is 0 Å². The number of allylic oxidation sites excluding steroid dienone is 3. The van der Waals surface area contributed by atoms with Crippen LogP contribution in [-0.2, 0) is 12.8 Å². The van der Waals surface area contributed by atoms with Crippen molar-refractivity contribution in [3.05, 3.63) is 132 Å². The topological polar surface area (TPSA) is 30.9 Å². The number of aromatic nitrogens is 1. The van der Waals surface area contributed by atoms with E-state index in [4.69, 9.17) is 5.73 Å². The van der Waals surface area contributed by atoms with E-state index in [1.54, 1.807) is 6.20 Å². The molecule has 0 aliphatic heterocycles. The van der Waals surface area contributed by atoms with Gasteiger partial charge in [0.05, 0.1) is 11.2 Å². The Kier molecular flexibility index (Phi) is 5.58. The van der Waals surface area contributed by atoms with E-state index in [1.807, 2.05) is 6.92 Å². The smallest absolute Gasteiger partial charge is 0.0575 e. The molecule has 0 fully saturated rings. The van der Waals surface area contributed by atoms with Crippen molar-refractivity contribution < 1.29 is 0 Å². The van der Waals surface area contributed by atoms with Gasteiger partial charge in [0.25, 0.3) is 0 Å². The summed E-state index contributed by atoms with van der Waals surface area (Å²) >= 11 is 0. The van der Waals surface area contributed by atoms with Crippen molar-refractivity contribution in [3.63, 3.8) is 0 Å². The zero-order valence-electron chi connectivity index (χ0n) is 20.8. The number of nitrogens with zero attached hydrogens (tertiary/aromatic N) is 1. The predicted molar refractivity (Wildman–Crippen MR) is 153 cm³/mol. The SMILES string of the molecule is CC(=C/N)/C=C(\C)c1cccc(-c2ccc3c(c2)CCc2c-3n(-c3ccccc3)c3ccccc23)c1. The lowest BCUT2D eigenvalue weighted by Gasteiger charge is -2.21. The summed E-state index contributed by atoms with van der Waals surface area (Å²) in [5.41, 5.74) is 19.7. The number of nitrogens with two attached hydrogens (primary N) is 1. The molecule has 36 heavy (non-hydrogen) atoms. The Labute approximate surface area is 213 Å².